The Morgan fingerprint density at radius 1 is 1.33 bits per heavy atom. The van der Waals surface area contributed by atoms with Crippen LogP contribution in [-0.2, 0) is 9.59 Å². The van der Waals surface area contributed by atoms with Gasteiger partial charge in [-0.2, -0.15) is 11.8 Å². The fourth-order valence-electron chi connectivity index (χ4n) is 2.25. The summed E-state index contributed by atoms with van der Waals surface area (Å²) < 4.78 is 11.1. The van der Waals surface area contributed by atoms with Crippen LogP contribution in [0.1, 0.15) is 20.3 Å². The molecule has 24 heavy (non-hydrogen) atoms. The number of carbonyl (C=O) groups excluding carboxylic acids is 1. The van der Waals surface area contributed by atoms with Crippen LogP contribution in [-0.4, -0.2) is 47.2 Å². The minimum absolute atomic E-state index is 0.229. The number of thioether (sulfide) groups is 1. The monoisotopic (exact) mass is 353 g/mol. The number of carboxylic acid groups (broad SMARTS) is 1. The van der Waals surface area contributed by atoms with Crippen molar-refractivity contribution in [3.63, 3.8) is 0 Å². The van der Waals surface area contributed by atoms with Crippen molar-refractivity contribution in [2.45, 2.75) is 25.8 Å². The topological polar surface area (TPSA) is 84.9 Å². The summed E-state index contributed by atoms with van der Waals surface area (Å²) in [6, 6.07) is 7.06. The quantitative estimate of drug-likeness (QED) is 0.745. The Labute approximate surface area is 145 Å². The highest BCUT2D eigenvalue weighted by Crippen LogP contribution is 2.28. The second-order valence-electron chi connectivity index (χ2n) is 6.21. The minimum Gasteiger partial charge on any atom is -0.493 e. The Morgan fingerprint density at radius 3 is 2.62 bits per heavy atom. The molecule has 7 heteroatoms. The first-order valence-electron chi connectivity index (χ1n) is 7.89. The maximum Gasteiger partial charge on any atom is 0.330 e. The molecular weight excluding hydrogens is 330 g/mol. The van der Waals surface area contributed by atoms with Crippen LogP contribution < -0.4 is 14.8 Å². The molecule has 0 radical (unpaired) electrons. The standard InChI is InChI=1S/C17H23NO5S/c1-12(2)9-22-13-4-3-5-14(8-13)23-10-15(19)18-17(16(20)21)6-7-24-11-17/h3-5,8,12H,6-7,9-11H2,1-2H3,(H,18,19)(H,20,21). The zero-order chi connectivity index (χ0) is 17.6. The molecule has 6 nitrogen and oxygen atoms in total. The lowest BCUT2D eigenvalue weighted by molar-refractivity contribution is -0.146. The largest absolute Gasteiger partial charge is 0.493 e. The van der Waals surface area contributed by atoms with Gasteiger partial charge in [-0.3, -0.25) is 4.79 Å². The van der Waals surface area contributed by atoms with Gasteiger partial charge in [-0.15, -0.1) is 0 Å². The molecule has 1 aromatic rings. The highest BCUT2D eigenvalue weighted by Gasteiger charge is 2.43. The van der Waals surface area contributed by atoms with Crippen molar-refractivity contribution >= 4 is 23.6 Å². The third-order valence-corrected chi connectivity index (χ3v) is 4.76. The number of carbonyl (C=O) groups is 2. The van der Waals surface area contributed by atoms with Crippen LogP contribution in [0.4, 0.5) is 0 Å². The van der Waals surface area contributed by atoms with Crippen molar-refractivity contribution in [1.29, 1.82) is 0 Å². The van der Waals surface area contributed by atoms with Gasteiger partial charge in [0.15, 0.2) is 6.61 Å². The van der Waals surface area contributed by atoms with E-state index in [4.69, 9.17) is 9.47 Å². The fraction of sp³-hybridized carbons (Fsp3) is 0.529. The Bertz CT molecular complexity index is 584. The van der Waals surface area contributed by atoms with Crippen molar-refractivity contribution in [1.82, 2.24) is 5.32 Å². The van der Waals surface area contributed by atoms with Gasteiger partial charge in [0.1, 0.15) is 17.0 Å². The van der Waals surface area contributed by atoms with Gasteiger partial charge in [0.2, 0.25) is 0 Å². The van der Waals surface area contributed by atoms with E-state index in [1.807, 2.05) is 6.07 Å². The normalized spacial score (nSPS) is 20.0. The second kappa shape index (κ2) is 8.28. The van der Waals surface area contributed by atoms with Crippen LogP contribution in [0.5, 0.6) is 11.5 Å². The van der Waals surface area contributed by atoms with Gasteiger partial charge in [-0.1, -0.05) is 19.9 Å². The number of ether oxygens (including phenoxy) is 2. The van der Waals surface area contributed by atoms with Crippen LogP contribution >= 0.6 is 11.8 Å². The van der Waals surface area contributed by atoms with Crippen LogP contribution in [0.25, 0.3) is 0 Å². The summed E-state index contributed by atoms with van der Waals surface area (Å²) >= 11 is 1.52. The molecule has 1 atom stereocenters. The first-order valence-corrected chi connectivity index (χ1v) is 9.04. The molecule has 1 fully saturated rings. The molecular formula is C17H23NO5S. The molecule has 2 N–H and O–H groups in total. The predicted octanol–water partition coefficient (Wildman–Crippen LogP) is 2.18. The maximum absolute atomic E-state index is 12.0. The van der Waals surface area contributed by atoms with E-state index in [0.29, 0.717) is 36.2 Å². The van der Waals surface area contributed by atoms with Gasteiger partial charge in [0, 0.05) is 11.8 Å². The average molecular weight is 353 g/mol. The van der Waals surface area contributed by atoms with Gasteiger partial charge in [-0.25, -0.2) is 4.79 Å². The van der Waals surface area contributed by atoms with E-state index in [9.17, 15) is 14.7 Å². The molecule has 0 spiro atoms. The number of benzene rings is 1. The van der Waals surface area contributed by atoms with E-state index < -0.39 is 17.4 Å². The van der Waals surface area contributed by atoms with Crippen molar-refractivity contribution in [3.05, 3.63) is 24.3 Å². The second-order valence-corrected chi connectivity index (χ2v) is 7.31. The van der Waals surface area contributed by atoms with Crippen molar-refractivity contribution < 1.29 is 24.2 Å². The Kier molecular flexibility index (Phi) is 6.36. The van der Waals surface area contributed by atoms with E-state index in [2.05, 4.69) is 19.2 Å². The van der Waals surface area contributed by atoms with Crippen molar-refractivity contribution in [2.75, 3.05) is 24.7 Å². The lowest BCUT2D eigenvalue weighted by Gasteiger charge is -2.24. The molecule has 1 aliphatic heterocycles. The molecule has 0 bridgehead atoms. The van der Waals surface area contributed by atoms with E-state index >= 15 is 0 Å². The molecule has 1 aromatic carbocycles. The van der Waals surface area contributed by atoms with E-state index in [0.717, 1.165) is 5.75 Å². The van der Waals surface area contributed by atoms with E-state index in [1.54, 1.807) is 18.2 Å². The van der Waals surface area contributed by atoms with Crippen molar-refractivity contribution in [2.24, 2.45) is 5.92 Å². The summed E-state index contributed by atoms with van der Waals surface area (Å²) in [4.78, 5) is 23.5. The molecule has 0 aromatic heterocycles. The smallest absolute Gasteiger partial charge is 0.330 e. The van der Waals surface area contributed by atoms with Crippen molar-refractivity contribution in [3.8, 4) is 11.5 Å². The van der Waals surface area contributed by atoms with Gasteiger partial charge in [0.25, 0.3) is 5.91 Å². The maximum atomic E-state index is 12.0. The van der Waals surface area contributed by atoms with Crippen LogP contribution in [0, 0.1) is 5.92 Å². The molecule has 1 aliphatic rings. The summed E-state index contributed by atoms with van der Waals surface area (Å²) in [5.41, 5.74) is -1.17. The summed E-state index contributed by atoms with van der Waals surface area (Å²) in [5, 5.41) is 12.0. The molecule has 2 rings (SSSR count). The number of rotatable bonds is 8. The number of carboxylic acids is 1. The van der Waals surface area contributed by atoms with Crippen LogP contribution in [0.3, 0.4) is 0 Å². The van der Waals surface area contributed by atoms with Gasteiger partial charge in [-0.05, 0) is 30.2 Å². The zero-order valence-corrected chi connectivity index (χ0v) is 14.7. The third-order valence-electron chi connectivity index (χ3n) is 3.57. The lowest BCUT2D eigenvalue weighted by atomic mass is 9.99. The predicted molar refractivity (Wildman–Crippen MR) is 92.7 cm³/mol. The number of amides is 1. The lowest BCUT2D eigenvalue weighted by Crippen LogP contribution is -2.55. The van der Waals surface area contributed by atoms with Crippen LogP contribution in [0.2, 0.25) is 0 Å². The van der Waals surface area contributed by atoms with Gasteiger partial charge in [0.05, 0.1) is 6.61 Å². The molecule has 1 heterocycles. The van der Waals surface area contributed by atoms with E-state index in [1.165, 1.54) is 11.8 Å². The average Bonchev–Trinajstić information content (AvgIpc) is 3.01. The highest BCUT2D eigenvalue weighted by molar-refractivity contribution is 7.99. The number of aliphatic carboxylic acids is 1. The Balaban J connectivity index is 1.87. The number of nitrogens with one attached hydrogen (secondary N) is 1. The molecule has 1 unspecified atom stereocenters. The first-order chi connectivity index (χ1) is 11.4. The highest BCUT2D eigenvalue weighted by atomic mass is 32.2. The SMILES string of the molecule is CC(C)COc1cccc(OCC(=O)NC2(C(=O)O)CCSC2)c1. The Hall–Kier alpha value is -1.89. The third kappa shape index (κ3) is 5.06. The first kappa shape index (κ1) is 18.4. The molecule has 0 aliphatic carbocycles. The molecule has 132 valence electrons. The summed E-state index contributed by atoms with van der Waals surface area (Å²) in [7, 11) is 0. The summed E-state index contributed by atoms with van der Waals surface area (Å²) in [6.45, 7) is 4.49. The number of hydrogen-bond donors (Lipinski definition) is 2. The zero-order valence-electron chi connectivity index (χ0n) is 13.9. The fourth-order valence-corrected chi connectivity index (χ4v) is 3.58. The van der Waals surface area contributed by atoms with Crippen LogP contribution in [0.15, 0.2) is 24.3 Å². The minimum atomic E-state index is -1.17. The molecule has 1 saturated heterocycles. The molecule has 0 saturated carbocycles. The van der Waals surface area contributed by atoms with Gasteiger partial charge >= 0.3 is 5.97 Å². The number of hydrogen-bond acceptors (Lipinski definition) is 5. The Morgan fingerprint density at radius 2 is 2.04 bits per heavy atom. The van der Waals surface area contributed by atoms with Gasteiger partial charge < -0.3 is 19.9 Å². The summed E-state index contributed by atoms with van der Waals surface area (Å²) in [5.74, 6) is 1.28. The molecule has 1 amide bonds. The van der Waals surface area contributed by atoms with E-state index in [-0.39, 0.29) is 6.61 Å². The summed E-state index contributed by atoms with van der Waals surface area (Å²) in [6.07, 6.45) is 0.428.